The van der Waals surface area contributed by atoms with Crippen LogP contribution in [-0.2, 0) is 19.5 Å². The van der Waals surface area contributed by atoms with Crippen molar-refractivity contribution in [1.29, 1.82) is 0 Å². The molecule has 0 radical (unpaired) electrons. The van der Waals surface area contributed by atoms with E-state index in [2.05, 4.69) is 9.97 Å². The maximum absolute atomic E-state index is 12.3. The van der Waals surface area contributed by atoms with Crippen molar-refractivity contribution < 1.29 is 36.5 Å². The zero-order valence-corrected chi connectivity index (χ0v) is 21.7. The number of rotatable bonds is 6. The van der Waals surface area contributed by atoms with Crippen LogP contribution in [-0.4, -0.2) is 67.6 Å². The summed E-state index contributed by atoms with van der Waals surface area (Å²) in [7, 11) is 0. The normalized spacial score (nSPS) is 21.2. The van der Waals surface area contributed by atoms with Gasteiger partial charge < -0.3 is 19.1 Å². The molecule has 2 aliphatic rings. The molecule has 12 heteroatoms. The minimum absolute atomic E-state index is 0.0791. The van der Waals surface area contributed by atoms with Gasteiger partial charge in [0.1, 0.15) is 29.9 Å². The quantitative estimate of drug-likeness (QED) is 0.539. The summed E-state index contributed by atoms with van der Waals surface area (Å²) in [6, 6.07) is 7.35. The van der Waals surface area contributed by atoms with Crippen molar-refractivity contribution in [3.63, 3.8) is 0 Å². The monoisotopic (exact) mass is 523 g/mol. The molecule has 1 atom stereocenters. The minimum Gasteiger partial charge on any atom is -0.474 e. The van der Waals surface area contributed by atoms with E-state index >= 15 is 0 Å². The summed E-state index contributed by atoms with van der Waals surface area (Å²) >= 11 is -3.37. The second-order valence-electron chi connectivity index (χ2n) is 9.79. The third kappa shape index (κ3) is 7.20. The lowest BCUT2D eigenvalue weighted by Gasteiger charge is -2.33. The fourth-order valence-corrected chi connectivity index (χ4v) is 4.70. The maximum atomic E-state index is 12.3. The molecule has 4 rings (SSSR count). The van der Waals surface area contributed by atoms with Crippen LogP contribution in [0.4, 0.5) is 4.79 Å². The smallest absolute Gasteiger partial charge is 0.410 e. The molecule has 1 aromatic heterocycles. The number of aromatic nitrogens is 2. The fourth-order valence-electron chi connectivity index (χ4n) is 3.84. The SMILES string of the molecule is Cc1c(Oc2ccc(CC3COS(O)(O)O3)cc2)ncnc1OC1CCN(C(=O)OC(C)(C)C)CC1. The zero-order valence-electron chi connectivity index (χ0n) is 20.9. The van der Waals surface area contributed by atoms with Gasteiger partial charge in [0.15, 0.2) is 0 Å². The van der Waals surface area contributed by atoms with E-state index in [0.717, 1.165) is 5.56 Å². The first kappa shape index (κ1) is 26.4. The van der Waals surface area contributed by atoms with Gasteiger partial charge in [-0.25, -0.2) is 14.8 Å². The summed E-state index contributed by atoms with van der Waals surface area (Å²) in [4.78, 5) is 22.5. The Morgan fingerprint density at radius 1 is 1.14 bits per heavy atom. The molecule has 2 fully saturated rings. The molecule has 198 valence electrons. The average molecular weight is 524 g/mol. The molecule has 0 saturated carbocycles. The Morgan fingerprint density at radius 2 is 1.81 bits per heavy atom. The minimum atomic E-state index is -3.37. The largest absolute Gasteiger partial charge is 0.474 e. The van der Waals surface area contributed by atoms with Gasteiger partial charge in [-0.05, 0) is 45.4 Å². The van der Waals surface area contributed by atoms with Crippen LogP contribution >= 0.6 is 11.2 Å². The lowest BCUT2D eigenvalue weighted by atomic mass is 10.1. The summed E-state index contributed by atoms with van der Waals surface area (Å²) in [5.41, 5.74) is 1.10. The van der Waals surface area contributed by atoms with Crippen molar-refractivity contribution in [2.45, 2.75) is 64.8 Å². The second-order valence-corrected chi connectivity index (χ2v) is 11.1. The van der Waals surface area contributed by atoms with Crippen molar-refractivity contribution >= 4 is 17.2 Å². The van der Waals surface area contributed by atoms with E-state index in [1.807, 2.05) is 39.8 Å². The van der Waals surface area contributed by atoms with Crippen LogP contribution in [0.1, 0.15) is 44.7 Å². The highest BCUT2D eigenvalue weighted by Crippen LogP contribution is 2.48. The number of ether oxygens (including phenoxy) is 3. The van der Waals surface area contributed by atoms with E-state index in [1.165, 1.54) is 6.33 Å². The molecule has 0 spiro atoms. The molecule has 2 aromatic rings. The number of hydrogen-bond donors (Lipinski definition) is 2. The van der Waals surface area contributed by atoms with E-state index in [1.54, 1.807) is 17.0 Å². The van der Waals surface area contributed by atoms with E-state index in [0.29, 0.717) is 55.4 Å². The number of likely N-dealkylation sites (tertiary alicyclic amines) is 1. The molecule has 1 aromatic carbocycles. The number of carbonyl (C=O) groups is 1. The summed E-state index contributed by atoms with van der Waals surface area (Å²) in [5.74, 6) is 1.43. The van der Waals surface area contributed by atoms with Gasteiger partial charge in [0, 0.05) is 32.4 Å². The molecule has 2 aliphatic heterocycles. The van der Waals surface area contributed by atoms with Crippen LogP contribution in [0.3, 0.4) is 0 Å². The van der Waals surface area contributed by atoms with E-state index in [4.69, 9.17) is 22.6 Å². The summed E-state index contributed by atoms with van der Waals surface area (Å²) < 4.78 is 46.3. The molecule has 0 aliphatic carbocycles. The highest BCUT2D eigenvalue weighted by Gasteiger charge is 2.34. The molecular weight excluding hydrogens is 490 g/mol. The van der Waals surface area contributed by atoms with Crippen molar-refractivity contribution in [1.82, 2.24) is 14.9 Å². The molecule has 0 bridgehead atoms. The van der Waals surface area contributed by atoms with Gasteiger partial charge in [-0.1, -0.05) is 12.1 Å². The summed E-state index contributed by atoms with van der Waals surface area (Å²) in [5, 5.41) is 0. The van der Waals surface area contributed by atoms with Crippen molar-refractivity contribution in [3.8, 4) is 17.5 Å². The number of nitrogens with zero attached hydrogens (tertiary/aromatic N) is 3. The Balaban J connectivity index is 1.31. The molecule has 3 heterocycles. The molecule has 11 nitrogen and oxygen atoms in total. The summed E-state index contributed by atoms with van der Waals surface area (Å²) in [6.45, 7) is 8.63. The van der Waals surface area contributed by atoms with Gasteiger partial charge in [0.2, 0.25) is 22.9 Å². The van der Waals surface area contributed by atoms with Crippen molar-refractivity contribution in [2.75, 3.05) is 19.7 Å². The third-order valence-electron chi connectivity index (χ3n) is 5.63. The van der Waals surface area contributed by atoms with E-state index in [-0.39, 0.29) is 18.8 Å². The predicted molar refractivity (Wildman–Crippen MR) is 132 cm³/mol. The Kier molecular flexibility index (Phi) is 7.90. The van der Waals surface area contributed by atoms with Crippen LogP contribution in [0.2, 0.25) is 0 Å². The Morgan fingerprint density at radius 3 is 2.42 bits per heavy atom. The number of carbonyl (C=O) groups excluding carboxylic acids is 1. The molecule has 2 N–H and O–H groups in total. The number of amides is 1. The Bertz CT molecular complexity index is 1050. The molecule has 1 unspecified atom stereocenters. The highest BCUT2D eigenvalue weighted by atomic mass is 32.3. The van der Waals surface area contributed by atoms with E-state index in [9.17, 15) is 13.9 Å². The fraction of sp³-hybridized carbons (Fsp3) is 0.542. The lowest BCUT2D eigenvalue weighted by Crippen LogP contribution is -2.44. The van der Waals surface area contributed by atoms with Crippen LogP contribution in [0.25, 0.3) is 0 Å². The molecular formula is C24H33N3O8S. The van der Waals surface area contributed by atoms with Gasteiger partial charge in [-0.2, -0.15) is 0 Å². The first-order valence-electron chi connectivity index (χ1n) is 11.8. The average Bonchev–Trinajstić information content (AvgIpc) is 3.15. The topological polar surface area (TPSA) is 133 Å². The Hall–Kier alpha value is -2.64. The zero-order chi connectivity index (χ0) is 25.9. The highest BCUT2D eigenvalue weighted by molar-refractivity contribution is 8.16. The van der Waals surface area contributed by atoms with Crippen LogP contribution < -0.4 is 9.47 Å². The van der Waals surface area contributed by atoms with Gasteiger partial charge in [-0.3, -0.25) is 17.5 Å². The summed E-state index contributed by atoms with van der Waals surface area (Å²) in [6.07, 6.45) is 2.42. The van der Waals surface area contributed by atoms with Gasteiger partial charge >= 0.3 is 6.09 Å². The third-order valence-corrected chi connectivity index (χ3v) is 6.60. The first-order chi connectivity index (χ1) is 17.0. The van der Waals surface area contributed by atoms with Crippen molar-refractivity contribution in [3.05, 3.63) is 41.7 Å². The van der Waals surface area contributed by atoms with Gasteiger partial charge in [0.25, 0.3) is 0 Å². The standard InChI is InChI=1S/C24H33N3O8S/c1-16-21(32-18-7-5-17(6-8-18)13-20-14-31-36(29,30)35-20)25-15-26-22(16)33-19-9-11-27(12-10-19)23(28)34-24(2,3)4/h5-8,15,19-20,29-30H,9-14H2,1-4H3. The molecule has 36 heavy (non-hydrogen) atoms. The first-order valence-corrected chi connectivity index (χ1v) is 13.2. The number of hydrogen-bond acceptors (Lipinski definition) is 10. The molecule has 1 amide bonds. The second kappa shape index (κ2) is 10.8. The molecule has 2 saturated heterocycles. The van der Waals surface area contributed by atoms with Gasteiger partial charge in [-0.15, -0.1) is 0 Å². The lowest BCUT2D eigenvalue weighted by molar-refractivity contribution is 0.0122. The number of benzene rings is 1. The Labute approximate surface area is 212 Å². The van der Waals surface area contributed by atoms with Gasteiger partial charge in [0.05, 0.1) is 12.2 Å². The maximum Gasteiger partial charge on any atom is 0.410 e. The van der Waals surface area contributed by atoms with Crippen molar-refractivity contribution in [2.24, 2.45) is 0 Å². The van der Waals surface area contributed by atoms with Crippen LogP contribution in [0.15, 0.2) is 30.6 Å². The predicted octanol–water partition coefficient (Wildman–Crippen LogP) is 4.89. The van der Waals surface area contributed by atoms with Crippen LogP contribution in [0.5, 0.6) is 17.5 Å². The number of piperidine rings is 1. The van der Waals surface area contributed by atoms with Crippen LogP contribution in [0, 0.1) is 6.92 Å². The van der Waals surface area contributed by atoms with E-state index < -0.39 is 22.9 Å².